The van der Waals surface area contributed by atoms with Crippen LogP contribution in [-0.2, 0) is 4.79 Å². The van der Waals surface area contributed by atoms with Crippen LogP contribution in [-0.4, -0.2) is 23.9 Å². The van der Waals surface area contributed by atoms with Gasteiger partial charge in [-0.1, -0.05) is 0 Å². The Morgan fingerprint density at radius 2 is 2.21 bits per heavy atom. The Labute approximate surface area is 93.5 Å². The Kier molecular flexibility index (Phi) is 4.42. The lowest BCUT2D eigenvalue weighted by Crippen LogP contribution is -2.33. The first kappa shape index (κ1) is 11.5. The molecule has 1 atom stereocenters. The van der Waals surface area contributed by atoms with Gasteiger partial charge in [0.25, 0.3) is 0 Å². The Bertz CT molecular complexity index is 282. The van der Waals surface area contributed by atoms with Crippen molar-refractivity contribution in [2.75, 3.05) is 13.1 Å². The van der Waals surface area contributed by atoms with E-state index in [1.807, 2.05) is 30.7 Å². The number of nitrogens with zero attached hydrogens (tertiary/aromatic N) is 1. The van der Waals surface area contributed by atoms with Gasteiger partial charge < -0.3 is 4.90 Å². The Hall–Kier alpha value is -0.540. The SMILES string of the molecule is CCN(CC)C(=O)C(Cl)c1ccsc1. The number of likely N-dealkylation sites (N-methyl/N-ethyl adjacent to an activating group) is 1. The molecule has 0 spiro atoms. The highest BCUT2D eigenvalue weighted by atomic mass is 35.5. The second-order valence-corrected chi connectivity index (χ2v) is 4.15. The van der Waals surface area contributed by atoms with Crippen molar-refractivity contribution < 1.29 is 4.79 Å². The van der Waals surface area contributed by atoms with Crippen LogP contribution in [0.25, 0.3) is 0 Å². The number of alkyl halides is 1. The predicted molar refractivity (Wildman–Crippen MR) is 60.8 cm³/mol. The number of rotatable bonds is 4. The lowest BCUT2D eigenvalue weighted by Gasteiger charge is -2.21. The van der Waals surface area contributed by atoms with Gasteiger partial charge in [0.05, 0.1) is 0 Å². The maximum atomic E-state index is 11.8. The van der Waals surface area contributed by atoms with E-state index in [4.69, 9.17) is 11.6 Å². The highest BCUT2D eigenvalue weighted by Gasteiger charge is 2.21. The van der Waals surface area contributed by atoms with Crippen molar-refractivity contribution in [3.8, 4) is 0 Å². The fourth-order valence-electron chi connectivity index (χ4n) is 1.26. The first-order chi connectivity index (χ1) is 6.70. The Balaban J connectivity index is 2.69. The normalized spacial score (nSPS) is 12.5. The van der Waals surface area contributed by atoms with E-state index in [2.05, 4.69) is 0 Å². The van der Waals surface area contributed by atoms with Crippen LogP contribution in [0.15, 0.2) is 16.8 Å². The van der Waals surface area contributed by atoms with Crippen molar-refractivity contribution in [3.05, 3.63) is 22.4 Å². The summed E-state index contributed by atoms with van der Waals surface area (Å²) in [6.07, 6.45) is 0. The minimum Gasteiger partial charge on any atom is -0.342 e. The molecule has 1 amide bonds. The molecule has 0 radical (unpaired) electrons. The van der Waals surface area contributed by atoms with E-state index >= 15 is 0 Å². The molecule has 0 saturated carbocycles. The summed E-state index contributed by atoms with van der Waals surface area (Å²) in [6.45, 7) is 5.34. The van der Waals surface area contributed by atoms with Crippen LogP contribution in [0.3, 0.4) is 0 Å². The average Bonchev–Trinajstić information content (AvgIpc) is 2.71. The van der Waals surface area contributed by atoms with Crippen LogP contribution < -0.4 is 0 Å². The molecule has 1 aromatic rings. The van der Waals surface area contributed by atoms with Gasteiger partial charge >= 0.3 is 0 Å². The lowest BCUT2D eigenvalue weighted by atomic mass is 10.2. The molecular weight excluding hydrogens is 218 g/mol. The number of hydrogen-bond donors (Lipinski definition) is 0. The van der Waals surface area contributed by atoms with Crippen LogP contribution in [0.1, 0.15) is 24.8 Å². The molecule has 0 aromatic carbocycles. The maximum Gasteiger partial charge on any atom is 0.245 e. The molecule has 1 heterocycles. The smallest absolute Gasteiger partial charge is 0.245 e. The minimum absolute atomic E-state index is 0.00457. The van der Waals surface area contributed by atoms with Crippen LogP contribution in [0.5, 0.6) is 0 Å². The third kappa shape index (κ3) is 2.49. The van der Waals surface area contributed by atoms with Crippen LogP contribution in [0, 0.1) is 0 Å². The van der Waals surface area contributed by atoms with Gasteiger partial charge in [0.2, 0.25) is 5.91 Å². The molecule has 78 valence electrons. The summed E-state index contributed by atoms with van der Waals surface area (Å²) in [4.78, 5) is 13.5. The maximum absolute atomic E-state index is 11.8. The minimum atomic E-state index is -0.527. The summed E-state index contributed by atoms with van der Waals surface area (Å²) in [5.41, 5.74) is 0.897. The third-order valence-corrected chi connectivity index (χ3v) is 3.27. The fourth-order valence-corrected chi connectivity index (χ4v) is 2.29. The van der Waals surface area contributed by atoms with E-state index in [9.17, 15) is 4.79 Å². The highest BCUT2D eigenvalue weighted by molar-refractivity contribution is 7.08. The molecule has 2 nitrogen and oxygen atoms in total. The van der Waals surface area contributed by atoms with Gasteiger partial charge in [-0.15, -0.1) is 11.6 Å². The molecule has 0 N–H and O–H groups in total. The molecule has 4 heteroatoms. The van der Waals surface area contributed by atoms with Gasteiger partial charge in [0.15, 0.2) is 0 Å². The van der Waals surface area contributed by atoms with Gasteiger partial charge in [-0.2, -0.15) is 11.3 Å². The van der Waals surface area contributed by atoms with E-state index in [1.165, 1.54) is 0 Å². The first-order valence-corrected chi connectivity index (χ1v) is 6.03. The molecule has 1 aromatic heterocycles. The second kappa shape index (κ2) is 5.37. The topological polar surface area (TPSA) is 20.3 Å². The number of carbonyl (C=O) groups is 1. The largest absolute Gasteiger partial charge is 0.342 e. The molecule has 0 aliphatic rings. The van der Waals surface area contributed by atoms with E-state index < -0.39 is 5.38 Å². The summed E-state index contributed by atoms with van der Waals surface area (Å²) >= 11 is 7.62. The van der Waals surface area contributed by atoms with Gasteiger partial charge in [0, 0.05) is 13.1 Å². The molecule has 1 unspecified atom stereocenters. The number of hydrogen-bond acceptors (Lipinski definition) is 2. The third-order valence-electron chi connectivity index (χ3n) is 2.13. The molecule has 14 heavy (non-hydrogen) atoms. The molecule has 0 aliphatic carbocycles. The van der Waals surface area contributed by atoms with Gasteiger partial charge in [-0.3, -0.25) is 4.79 Å². The Morgan fingerprint density at radius 1 is 1.57 bits per heavy atom. The standard InChI is InChI=1S/C10H14ClNOS/c1-3-12(4-2)10(13)9(11)8-5-6-14-7-8/h5-7,9H,3-4H2,1-2H3. The predicted octanol–water partition coefficient (Wildman–Crippen LogP) is 2.90. The Morgan fingerprint density at radius 3 is 2.64 bits per heavy atom. The van der Waals surface area contributed by atoms with Crippen LogP contribution in [0.4, 0.5) is 0 Å². The van der Waals surface area contributed by atoms with Gasteiger partial charge in [-0.25, -0.2) is 0 Å². The van der Waals surface area contributed by atoms with Gasteiger partial charge in [0.1, 0.15) is 5.38 Å². The summed E-state index contributed by atoms with van der Waals surface area (Å²) < 4.78 is 0. The first-order valence-electron chi connectivity index (χ1n) is 4.65. The number of amides is 1. The molecular formula is C10H14ClNOS. The van der Waals surface area contributed by atoms with Gasteiger partial charge in [-0.05, 0) is 36.2 Å². The van der Waals surface area contributed by atoms with E-state index in [-0.39, 0.29) is 5.91 Å². The number of thiophene rings is 1. The van der Waals surface area contributed by atoms with E-state index in [0.29, 0.717) is 13.1 Å². The molecule has 0 fully saturated rings. The molecule has 0 saturated heterocycles. The van der Waals surface area contributed by atoms with Crippen LogP contribution in [0.2, 0.25) is 0 Å². The van der Waals surface area contributed by atoms with Crippen molar-refractivity contribution in [1.82, 2.24) is 4.90 Å². The summed E-state index contributed by atoms with van der Waals surface area (Å²) in [5, 5.41) is 3.32. The van der Waals surface area contributed by atoms with Crippen molar-refractivity contribution in [1.29, 1.82) is 0 Å². The summed E-state index contributed by atoms with van der Waals surface area (Å²) in [7, 11) is 0. The zero-order chi connectivity index (χ0) is 10.6. The van der Waals surface area contributed by atoms with Crippen molar-refractivity contribution >= 4 is 28.8 Å². The van der Waals surface area contributed by atoms with Crippen molar-refractivity contribution in [2.45, 2.75) is 19.2 Å². The molecule has 1 rings (SSSR count). The summed E-state index contributed by atoms with van der Waals surface area (Å²) in [6, 6.07) is 1.89. The second-order valence-electron chi connectivity index (χ2n) is 2.93. The van der Waals surface area contributed by atoms with E-state index in [0.717, 1.165) is 5.56 Å². The highest BCUT2D eigenvalue weighted by Crippen LogP contribution is 2.24. The van der Waals surface area contributed by atoms with Crippen molar-refractivity contribution in [2.24, 2.45) is 0 Å². The molecule has 0 bridgehead atoms. The lowest BCUT2D eigenvalue weighted by molar-refractivity contribution is -0.130. The molecule has 0 aliphatic heterocycles. The summed E-state index contributed by atoms with van der Waals surface area (Å²) in [5.74, 6) is -0.00457. The van der Waals surface area contributed by atoms with E-state index in [1.54, 1.807) is 16.2 Å². The van der Waals surface area contributed by atoms with Crippen molar-refractivity contribution in [3.63, 3.8) is 0 Å². The number of halogens is 1. The number of carbonyl (C=O) groups excluding carboxylic acids is 1. The van der Waals surface area contributed by atoms with Crippen LogP contribution >= 0.6 is 22.9 Å². The fraction of sp³-hybridized carbons (Fsp3) is 0.500. The quantitative estimate of drug-likeness (QED) is 0.730. The average molecular weight is 232 g/mol. The zero-order valence-electron chi connectivity index (χ0n) is 8.37. The zero-order valence-corrected chi connectivity index (χ0v) is 9.94. The monoisotopic (exact) mass is 231 g/mol.